The first-order valence-electron chi connectivity index (χ1n) is 7.02. The summed E-state index contributed by atoms with van der Waals surface area (Å²) in [5.74, 6) is 0.782. The summed E-state index contributed by atoms with van der Waals surface area (Å²) >= 11 is 4.72. The van der Waals surface area contributed by atoms with Crippen molar-refractivity contribution in [3.8, 4) is 5.69 Å². The predicted molar refractivity (Wildman–Crippen MR) is 92.1 cm³/mol. The molecule has 0 aliphatic carbocycles. The van der Waals surface area contributed by atoms with E-state index in [1.165, 1.54) is 16.4 Å². The van der Waals surface area contributed by atoms with Crippen LogP contribution in [0.5, 0.6) is 0 Å². The van der Waals surface area contributed by atoms with Crippen molar-refractivity contribution in [2.24, 2.45) is 0 Å². The Morgan fingerprint density at radius 2 is 1.96 bits per heavy atom. The maximum atomic E-state index is 12.2. The van der Waals surface area contributed by atoms with Crippen LogP contribution >= 0.6 is 27.7 Å². The zero-order valence-electron chi connectivity index (χ0n) is 12.6. The zero-order chi connectivity index (χ0) is 16.4. The summed E-state index contributed by atoms with van der Waals surface area (Å²) in [5, 5.41) is 13.2. The van der Waals surface area contributed by atoms with Crippen LogP contribution in [-0.2, 0) is 6.54 Å². The summed E-state index contributed by atoms with van der Waals surface area (Å²) in [5.41, 5.74) is 0.823. The normalized spacial score (nSPS) is 10.9. The van der Waals surface area contributed by atoms with Crippen molar-refractivity contribution in [3.05, 3.63) is 57.2 Å². The van der Waals surface area contributed by atoms with E-state index in [0.717, 1.165) is 11.5 Å². The summed E-state index contributed by atoms with van der Waals surface area (Å²) in [6.45, 7) is 4.30. The van der Waals surface area contributed by atoms with Gasteiger partial charge >= 0.3 is 0 Å². The largest absolute Gasteiger partial charge is 0.282 e. The van der Waals surface area contributed by atoms with Gasteiger partial charge in [0, 0.05) is 12.2 Å². The molecule has 0 aliphatic rings. The first-order chi connectivity index (χ1) is 11.1. The van der Waals surface area contributed by atoms with Crippen molar-refractivity contribution in [2.75, 3.05) is 0 Å². The minimum atomic E-state index is -0.153. The average Bonchev–Trinajstić information content (AvgIpc) is 2.93. The molecular weight excluding hydrogens is 378 g/mol. The van der Waals surface area contributed by atoms with Crippen LogP contribution in [0.25, 0.3) is 5.69 Å². The van der Waals surface area contributed by atoms with Crippen LogP contribution in [0.3, 0.4) is 0 Å². The summed E-state index contributed by atoms with van der Waals surface area (Å²) in [7, 11) is 0. The van der Waals surface area contributed by atoms with Crippen LogP contribution in [0.2, 0.25) is 0 Å². The molecule has 0 radical (unpaired) electrons. The summed E-state index contributed by atoms with van der Waals surface area (Å²) in [6.07, 6.45) is 1.67. The van der Waals surface area contributed by atoms with Crippen LogP contribution in [0.4, 0.5) is 0 Å². The van der Waals surface area contributed by atoms with E-state index < -0.39 is 0 Å². The second-order valence-corrected chi connectivity index (χ2v) is 6.55. The van der Waals surface area contributed by atoms with Gasteiger partial charge < -0.3 is 0 Å². The standard InChI is InChI=1S/C15H14BrN5OS/c1-3-20-14(22)13(16)12(9-17-20)23-15-19-18-10(2)21(15)11-7-5-4-6-8-11/h4-9H,3H2,1-2H3. The van der Waals surface area contributed by atoms with Crippen LogP contribution in [0, 0.1) is 6.92 Å². The zero-order valence-corrected chi connectivity index (χ0v) is 15.0. The van der Waals surface area contributed by atoms with E-state index in [1.54, 1.807) is 6.20 Å². The van der Waals surface area contributed by atoms with E-state index >= 15 is 0 Å². The maximum Gasteiger partial charge on any atom is 0.282 e. The van der Waals surface area contributed by atoms with Crippen molar-refractivity contribution < 1.29 is 0 Å². The number of nitrogens with zero attached hydrogens (tertiary/aromatic N) is 5. The van der Waals surface area contributed by atoms with Gasteiger partial charge in [-0.15, -0.1) is 10.2 Å². The quantitative estimate of drug-likeness (QED) is 0.683. The molecule has 0 saturated heterocycles. The highest BCUT2D eigenvalue weighted by Crippen LogP contribution is 2.31. The van der Waals surface area contributed by atoms with Gasteiger partial charge in [0.1, 0.15) is 5.82 Å². The van der Waals surface area contributed by atoms with Gasteiger partial charge in [-0.3, -0.25) is 9.36 Å². The van der Waals surface area contributed by atoms with Gasteiger partial charge in [0.15, 0.2) is 0 Å². The maximum absolute atomic E-state index is 12.2. The molecule has 0 spiro atoms. The third-order valence-corrected chi connectivity index (χ3v) is 5.27. The van der Waals surface area contributed by atoms with Crippen molar-refractivity contribution >= 4 is 27.7 Å². The summed E-state index contributed by atoms with van der Waals surface area (Å²) in [4.78, 5) is 12.9. The highest BCUT2D eigenvalue weighted by Gasteiger charge is 2.16. The number of para-hydroxylation sites is 1. The van der Waals surface area contributed by atoms with Crippen molar-refractivity contribution in [1.29, 1.82) is 0 Å². The third kappa shape index (κ3) is 3.09. The molecule has 0 aliphatic heterocycles. The summed E-state index contributed by atoms with van der Waals surface area (Å²) < 4.78 is 3.84. The highest BCUT2D eigenvalue weighted by molar-refractivity contribution is 9.10. The van der Waals surface area contributed by atoms with Gasteiger partial charge in [0.2, 0.25) is 5.16 Å². The van der Waals surface area contributed by atoms with E-state index in [-0.39, 0.29) is 5.56 Å². The van der Waals surface area contributed by atoms with Gasteiger partial charge in [-0.25, -0.2) is 4.68 Å². The minimum Gasteiger partial charge on any atom is -0.274 e. The molecule has 0 saturated carbocycles. The number of rotatable bonds is 4. The topological polar surface area (TPSA) is 65.6 Å². The second-order valence-electron chi connectivity index (χ2n) is 4.75. The SMILES string of the molecule is CCn1ncc(Sc2nnc(C)n2-c2ccccc2)c(Br)c1=O. The number of aryl methyl sites for hydroxylation is 2. The van der Waals surface area contributed by atoms with E-state index in [9.17, 15) is 4.79 Å². The Balaban J connectivity index is 2.03. The van der Waals surface area contributed by atoms with Crippen molar-refractivity contribution in [1.82, 2.24) is 24.5 Å². The molecule has 0 fully saturated rings. The Labute approximate surface area is 145 Å². The molecule has 0 N–H and O–H groups in total. The van der Waals surface area contributed by atoms with Gasteiger partial charge in [-0.1, -0.05) is 18.2 Å². The van der Waals surface area contributed by atoms with E-state index in [2.05, 4.69) is 31.2 Å². The molecule has 1 aromatic carbocycles. The molecule has 0 bridgehead atoms. The molecule has 0 amide bonds. The number of hydrogen-bond acceptors (Lipinski definition) is 5. The van der Waals surface area contributed by atoms with Gasteiger partial charge in [-0.05, 0) is 53.7 Å². The molecule has 3 rings (SSSR count). The molecule has 2 heterocycles. The fourth-order valence-electron chi connectivity index (χ4n) is 2.13. The van der Waals surface area contributed by atoms with Gasteiger partial charge in [0.05, 0.1) is 15.6 Å². The van der Waals surface area contributed by atoms with Crippen molar-refractivity contribution in [3.63, 3.8) is 0 Å². The summed E-state index contributed by atoms with van der Waals surface area (Å²) in [6, 6.07) is 9.86. The lowest BCUT2D eigenvalue weighted by atomic mass is 10.3. The number of benzene rings is 1. The van der Waals surface area contributed by atoms with E-state index in [1.807, 2.05) is 48.7 Å². The molecule has 118 valence electrons. The number of hydrogen-bond donors (Lipinski definition) is 0. The fourth-order valence-corrected chi connectivity index (χ4v) is 3.56. The second kappa shape index (κ2) is 6.67. The number of halogens is 1. The Hall–Kier alpha value is -1.93. The molecule has 6 nitrogen and oxygen atoms in total. The lowest BCUT2D eigenvalue weighted by Gasteiger charge is -2.09. The molecule has 0 unspecified atom stereocenters. The smallest absolute Gasteiger partial charge is 0.274 e. The lowest BCUT2D eigenvalue weighted by molar-refractivity contribution is 0.604. The van der Waals surface area contributed by atoms with Crippen LogP contribution < -0.4 is 5.56 Å². The molecule has 3 aromatic rings. The van der Waals surface area contributed by atoms with Crippen LogP contribution in [0.1, 0.15) is 12.7 Å². The minimum absolute atomic E-state index is 0.153. The molecule has 2 aromatic heterocycles. The van der Waals surface area contributed by atoms with Crippen LogP contribution in [-0.4, -0.2) is 24.5 Å². The van der Waals surface area contributed by atoms with Gasteiger partial charge in [0.25, 0.3) is 5.56 Å². The Kier molecular flexibility index (Phi) is 4.63. The Morgan fingerprint density at radius 1 is 1.22 bits per heavy atom. The van der Waals surface area contributed by atoms with Crippen LogP contribution in [0.15, 0.2) is 55.8 Å². The molecule has 8 heteroatoms. The molecular formula is C15H14BrN5OS. The van der Waals surface area contributed by atoms with E-state index in [0.29, 0.717) is 21.1 Å². The van der Waals surface area contributed by atoms with Gasteiger partial charge in [-0.2, -0.15) is 5.10 Å². The first kappa shape index (κ1) is 15.9. The number of aromatic nitrogens is 5. The lowest BCUT2D eigenvalue weighted by Crippen LogP contribution is -2.22. The molecule has 23 heavy (non-hydrogen) atoms. The van der Waals surface area contributed by atoms with E-state index in [4.69, 9.17) is 0 Å². The first-order valence-corrected chi connectivity index (χ1v) is 8.63. The fraction of sp³-hybridized carbons (Fsp3) is 0.200. The van der Waals surface area contributed by atoms with Crippen molar-refractivity contribution in [2.45, 2.75) is 30.4 Å². The Bertz CT molecular complexity index is 891. The Morgan fingerprint density at radius 3 is 2.65 bits per heavy atom. The predicted octanol–water partition coefficient (Wildman–Crippen LogP) is 3.07. The monoisotopic (exact) mass is 391 g/mol. The molecule has 0 atom stereocenters. The average molecular weight is 392 g/mol. The third-order valence-electron chi connectivity index (χ3n) is 3.26. The highest BCUT2D eigenvalue weighted by atomic mass is 79.9.